The Kier molecular flexibility index (Phi) is 5.30. The Morgan fingerprint density at radius 2 is 2.04 bits per heavy atom. The van der Waals surface area contributed by atoms with Gasteiger partial charge in [0.2, 0.25) is 5.91 Å². The lowest BCUT2D eigenvalue weighted by Gasteiger charge is -2.17. The van der Waals surface area contributed by atoms with Crippen LogP contribution in [0.25, 0.3) is 0 Å². The second kappa shape index (κ2) is 7.62. The van der Waals surface area contributed by atoms with Crippen molar-refractivity contribution in [2.75, 3.05) is 13.1 Å². The van der Waals surface area contributed by atoms with Gasteiger partial charge in [-0.3, -0.25) is 9.59 Å². The normalized spacial score (nSPS) is 17.0. The molecule has 0 unspecified atom stereocenters. The van der Waals surface area contributed by atoms with Crippen LogP contribution in [0.3, 0.4) is 0 Å². The van der Waals surface area contributed by atoms with E-state index in [9.17, 15) is 9.59 Å². The molecule has 1 aliphatic heterocycles. The Balaban J connectivity index is 1.47. The number of nitrogens with zero attached hydrogens (tertiary/aromatic N) is 1. The molecule has 1 atom stereocenters. The number of hydrogen-bond acceptors (Lipinski definition) is 3. The molecule has 2 aromatic rings. The fourth-order valence-electron chi connectivity index (χ4n) is 3.01. The molecule has 126 valence electrons. The molecular weight excluding hydrogens is 320 g/mol. The number of carbonyl (C=O) groups is 2. The van der Waals surface area contributed by atoms with Crippen molar-refractivity contribution in [2.45, 2.75) is 32.2 Å². The lowest BCUT2D eigenvalue weighted by Crippen LogP contribution is -2.38. The van der Waals surface area contributed by atoms with Crippen LogP contribution in [0.4, 0.5) is 0 Å². The first kappa shape index (κ1) is 16.7. The molecule has 2 amide bonds. The monoisotopic (exact) mass is 342 g/mol. The molecule has 0 spiro atoms. The van der Waals surface area contributed by atoms with Gasteiger partial charge in [0.15, 0.2) is 0 Å². The molecule has 4 nitrogen and oxygen atoms in total. The number of amides is 2. The maximum Gasteiger partial charge on any atom is 0.252 e. The molecule has 0 saturated carbocycles. The molecule has 1 aliphatic rings. The van der Waals surface area contributed by atoms with Gasteiger partial charge in [0.1, 0.15) is 0 Å². The number of thiophene rings is 1. The van der Waals surface area contributed by atoms with Gasteiger partial charge in [0, 0.05) is 30.9 Å². The minimum Gasteiger partial charge on any atom is -0.347 e. The summed E-state index contributed by atoms with van der Waals surface area (Å²) in [6, 6.07) is 10.1. The van der Waals surface area contributed by atoms with Gasteiger partial charge in [0.05, 0.1) is 5.56 Å². The van der Waals surface area contributed by atoms with Crippen LogP contribution in [-0.2, 0) is 11.2 Å². The lowest BCUT2D eigenvalue weighted by atomic mass is 10.1. The van der Waals surface area contributed by atoms with Crippen molar-refractivity contribution < 1.29 is 9.59 Å². The van der Waals surface area contributed by atoms with E-state index in [0.717, 1.165) is 30.5 Å². The summed E-state index contributed by atoms with van der Waals surface area (Å²) in [7, 11) is 0. The summed E-state index contributed by atoms with van der Waals surface area (Å²) in [5.74, 6) is 0.139. The summed E-state index contributed by atoms with van der Waals surface area (Å²) in [5.41, 5.74) is 2.93. The molecule has 1 saturated heterocycles. The zero-order valence-corrected chi connectivity index (χ0v) is 14.6. The van der Waals surface area contributed by atoms with Crippen molar-refractivity contribution in [1.29, 1.82) is 0 Å². The van der Waals surface area contributed by atoms with Crippen LogP contribution >= 0.6 is 11.3 Å². The molecule has 1 aromatic carbocycles. The Hall–Kier alpha value is -2.14. The van der Waals surface area contributed by atoms with Crippen molar-refractivity contribution in [1.82, 2.24) is 10.2 Å². The van der Waals surface area contributed by atoms with E-state index in [1.807, 2.05) is 52.9 Å². The van der Waals surface area contributed by atoms with Crippen LogP contribution in [0, 0.1) is 6.92 Å². The van der Waals surface area contributed by atoms with E-state index in [4.69, 9.17) is 0 Å². The minimum atomic E-state index is -0.0302. The van der Waals surface area contributed by atoms with Crippen LogP contribution in [0.1, 0.15) is 34.3 Å². The molecule has 0 aliphatic carbocycles. The van der Waals surface area contributed by atoms with Crippen molar-refractivity contribution in [3.05, 3.63) is 57.8 Å². The number of nitrogens with one attached hydrogen (secondary N) is 1. The van der Waals surface area contributed by atoms with E-state index >= 15 is 0 Å². The molecule has 24 heavy (non-hydrogen) atoms. The summed E-state index contributed by atoms with van der Waals surface area (Å²) in [6.45, 7) is 3.28. The standard InChI is InChI=1S/C19H22N2O2S/c1-14-12-24-13-17(14)19(23)20-16-9-10-21(11-16)18(22)8-7-15-5-3-2-4-6-15/h2-6,12-13,16H,7-11H2,1H3,(H,20,23)/t16-/m1/s1. The molecule has 1 aromatic heterocycles. The second-order valence-electron chi connectivity index (χ2n) is 6.25. The van der Waals surface area contributed by atoms with E-state index in [2.05, 4.69) is 5.32 Å². The topological polar surface area (TPSA) is 49.4 Å². The second-order valence-corrected chi connectivity index (χ2v) is 7.00. The molecule has 0 bridgehead atoms. The third kappa shape index (κ3) is 4.03. The van der Waals surface area contributed by atoms with Gasteiger partial charge in [-0.1, -0.05) is 30.3 Å². The van der Waals surface area contributed by atoms with E-state index in [1.54, 1.807) is 0 Å². The highest BCUT2D eigenvalue weighted by molar-refractivity contribution is 7.08. The van der Waals surface area contributed by atoms with Gasteiger partial charge in [-0.15, -0.1) is 0 Å². The van der Waals surface area contributed by atoms with Crippen LogP contribution in [0.5, 0.6) is 0 Å². The predicted molar refractivity (Wildman–Crippen MR) is 96.3 cm³/mol. The van der Waals surface area contributed by atoms with Crippen LogP contribution in [0.2, 0.25) is 0 Å². The number of likely N-dealkylation sites (tertiary alicyclic amines) is 1. The molecule has 1 fully saturated rings. The van der Waals surface area contributed by atoms with Gasteiger partial charge < -0.3 is 10.2 Å². The van der Waals surface area contributed by atoms with E-state index in [1.165, 1.54) is 16.9 Å². The van der Waals surface area contributed by atoms with Crippen molar-refractivity contribution in [3.8, 4) is 0 Å². The summed E-state index contributed by atoms with van der Waals surface area (Å²) in [5, 5.41) is 6.91. The third-order valence-electron chi connectivity index (χ3n) is 4.45. The number of aryl methyl sites for hydroxylation is 2. The van der Waals surface area contributed by atoms with Gasteiger partial charge in [0.25, 0.3) is 5.91 Å². The largest absolute Gasteiger partial charge is 0.347 e. The van der Waals surface area contributed by atoms with Gasteiger partial charge in [-0.2, -0.15) is 11.3 Å². The number of hydrogen-bond donors (Lipinski definition) is 1. The van der Waals surface area contributed by atoms with Crippen molar-refractivity contribution in [3.63, 3.8) is 0 Å². The highest BCUT2D eigenvalue weighted by atomic mass is 32.1. The zero-order valence-electron chi connectivity index (χ0n) is 13.8. The average molecular weight is 342 g/mol. The van der Waals surface area contributed by atoms with Crippen LogP contribution < -0.4 is 5.32 Å². The molecule has 5 heteroatoms. The number of carbonyl (C=O) groups excluding carboxylic acids is 2. The minimum absolute atomic E-state index is 0.0302. The molecule has 2 heterocycles. The zero-order chi connectivity index (χ0) is 16.9. The Morgan fingerprint density at radius 1 is 1.25 bits per heavy atom. The Labute approximate surface area is 146 Å². The third-order valence-corrected chi connectivity index (χ3v) is 5.31. The Bertz CT molecular complexity index is 711. The van der Waals surface area contributed by atoms with Crippen molar-refractivity contribution in [2.24, 2.45) is 0 Å². The fraction of sp³-hybridized carbons (Fsp3) is 0.368. The smallest absolute Gasteiger partial charge is 0.252 e. The van der Waals surface area contributed by atoms with E-state index in [0.29, 0.717) is 13.0 Å². The predicted octanol–water partition coefficient (Wildman–Crippen LogP) is 3.02. The highest BCUT2D eigenvalue weighted by Crippen LogP contribution is 2.16. The average Bonchev–Trinajstić information content (AvgIpc) is 3.22. The first-order valence-corrected chi connectivity index (χ1v) is 9.23. The Morgan fingerprint density at radius 3 is 2.75 bits per heavy atom. The quantitative estimate of drug-likeness (QED) is 0.908. The molecule has 3 rings (SSSR count). The van der Waals surface area contributed by atoms with Gasteiger partial charge in [-0.05, 0) is 36.3 Å². The van der Waals surface area contributed by atoms with Crippen LogP contribution in [-0.4, -0.2) is 35.8 Å². The van der Waals surface area contributed by atoms with E-state index in [-0.39, 0.29) is 17.9 Å². The summed E-state index contributed by atoms with van der Waals surface area (Å²) in [6.07, 6.45) is 2.11. The number of rotatable bonds is 5. The lowest BCUT2D eigenvalue weighted by molar-refractivity contribution is -0.130. The van der Waals surface area contributed by atoms with Gasteiger partial charge >= 0.3 is 0 Å². The van der Waals surface area contributed by atoms with E-state index < -0.39 is 0 Å². The summed E-state index contributed by atoms with van der Waals surface area (Å²) in [4.78, 5) is 26.5. The fourth-order valence-corrected chi connectivity index (χ4v) is 3.84. The maximum atomic E-state index is 12.3. The maximum absolute atomic E-state index is 12.3. The molecule has 1 N–H and O–H groups in total. The first-order chi connectivity index (χ1) is 11.6. The molecule has 0 radical (unpaired) electrons. The highest BCUT2D eigenvalue weighted by Gasteiger charge is 2.27. The van der Waals surface area contributed by atoms with Crippen molar-refractivity contribution >= 4 is 23.2 Å². The summed E-state index contributed by atoms with van der Waals surface area (Å²) >= 11 is 1.54. The SMILES string of the molecule is Cc1cscc1C(=O)N[C@@H]1CCN(C(=O)CCc2ccccc2)C1. The summed E-state index contributed by atoms with van der Waals surface area (Å²) < 4.78 is 0. The first-order valence-electron chi connectivity index (χ1n) is 8.29. The molecular formula is C19H22N2O2S. The van der Waals surface area contributed by atoms with Gasteiger partial charge in [-0.25, -0.2) is 0 Å². The number of benzene rings is 1. The van der Waals surface area contributed by atoms with Crippen LogP contribution in [0.15, 0.2) is 41.1 Å².